The highest BCUT2D eigenvalue weighted by Crippen LogP contribution is 2.28. The Bertz CT molecular complexity index is 787. The number of nitrogens with two attached hydrogens (primary N) is 1. The highest BCUT2D eigenvalue weighted by Gasteiger charge is 2.39. The van der Waals surface area contributed by atoms with Crippen molar-refractivity contribution in [2.75, 3.05) is 26.2 Å². The summed E-state index contributed by atoms with van der Waals surface area (Å²) in [4.78, 5) is 32.5. The Hall–Kier alpha value is -2.05. The summed E-state index contributed by atoms with van der Waals surface area (Å²) >= 11 is 0. The molecule has 0 spiro atoms. The standard InChI is InChI=1S/C20H26N4O2.ClH/c21-20(8-4-1-5-9-20)19(26)24-12-10-23(11-13-24)18(25)17-14-15-6-2-3-7-16(15)22-17;/h2-3,6-7,14,22H,1,4-5,8-13,21H2;1H. The molecule has 2 fully saturated rings. The van der Waals surface area contributed by atoms with E-state index in [1.807, 2.05) is 40.1 Å². The van der Waals surface area contributed by atoms with Crippen molar-refractivity contribution in [3.05, 3.63) is 36.0 Å². The minimum absolute atomic E-state index is 0. The lowest BCUT2D eigenvalue weighted by Gasteiger charge is -2.41. The van der Waals surface area contributed by atoms with Crippen LogP contribution < -0.4 is 5.73 Å². The first-order valence-electron chi connectivity index (χ1n) is 9.52. The largest absolute Gasteiger partial charge is 0.351 e. The molecule has 1 aliphatic heterocycles. The molecule has 146 valence electrons. The van der Waals surface area contributed by atoms with Crippen molar-refractivity contribution in [2.45, 2.75) is 37.6 Å². The van der Waals surface area contributed by atoms with E-state index in [1.54, 1.807) is 0 Å². The molecule has 4 rings (SSSR count). The van der Waals surface area contributed by atoms with Crippen LogP contribution in [-0.4, -0.2) is 58.3 Å². The molecule has 1 aliphatic carbocycles. The number of fused-ring (bicyclic) bond motifs is 1. The second-order valence-corrected chi connectivity index (χ2v) is 7.57. The van der Waals surface area contributed by atoms with Crippen LogP contribution in [0, 0.1) is 0 Å². The van der Waals surface area contributed by atoms with Gasteiger partial charge in [0.1, 0.15) is 5.69 Å². The lowest BCUT2D eigenvalue weighted by Crippen LogP contribution is -2.60. The zero-order valence-electron chi connectivity index (χ0n) is 15.4. The zero-order chi connectivity index (χ0) is 18.1. The molecule has 3 N–H and O–H groups in total. The van der Waals surface area contributed by atoms with Crippen molar-refractivity contribution in [2.24, 2.45) is 5.73 Å². The van der Waals surface area contributed by atoms with E-state index < -0.39 is 5.54 Å². The second-order valence-electron chi connectivity index (χ2n) is 7.57. The first kappa shape index (κ1) is 19.7. The molecule has 0 bridgehead atoms. The number of hydrogen-bond donors (Lipinski definition) is 2. The maximum absolute atomic E-state index is 12.8. The van der Waals surface area contributed by atoms with Crippen molar-refractivity contribution < 1.29 is 9.59 Å². The van der Waals surface area contributed by atoms with Crippen molar-refractivity contribution in [3.63, 3.8) is 0 Å². The monoisotopic (exact) mass is 390 g/mol. The summed E-state index contributed by atoms with van der Waals surface area (Å²) in [5.41, 5.74) is 7.26. The van der Waals surface area contributed by atoms with Crippen LogP contribution in [0.25, 0.3) is 10.9 Å². The molecule has 0 atom stereocenters. The van der Waals surface area contributed by atoms with E-state index in [-0.39, 0.29) is 24.2 Å². The van der Waals surface area contributed by atoms with Crippen LogP contribution in [0.4, 0.5) is 0 Å². The molecule has 0 unspecified atom stereocenters. The first-order chi connectivity index (χ1) is 12.6. The summed E-state index contributed by atoms with van der Waals surface area (Å²) in [5, 5.41) is 1.03. The number of hydrogen-bond acceptors (Lipinski definition) is 3. The summed E-state index contributed by atoms with van der Waals surface area (Å²) in [6, 6.07) is 9.76. The van der Waals surface area contributed by atoms with E-state index >= 15 is 0 Å². The van der Waals surface area contributed by atoms with Gasteiger partial charge in [-0.15, -0.1) is 12.4 Å². The maximum Gasteiger partial charge on any atom is 0.270 e. The maximum atomic E-state index is 12.8. The van der Waals surface area contributed by atoms with Gasteiger partial charge in [-0.1, -0.05) is 37.5 Å². The first-order valence-corrected chi connectivity index (χ1v) is 9.52. The number of carbonyl (C=O) groups is 2. The van der Waals surface area contributed by atoms with Crippen molar-refractivity contribution in [1.82, 2.24) is 14.8 Å². The quantitative estimate of drug-likeness (QED) is 0.826. The predicted octanol–water partition coefficient (Wildman–Crippen LogP) is 2.54. The number of benzene rings is 1. The Labute approximate surface area is 165 Å². The van der Waals surface area contributed by atoms with E-state index in [9.17, 15) is 9.59 Å². The van der Waals surface area contributed by atoms with Crippen molar-refractivity contribution >= 4 is 35.1 Å². The van der Waals surface area contributed by atoms with Gasteiger partial charge in [-0.05, 0) is 25.0 Å². The Morgan fingerprint density at radius 2 is 1.59 bits per heavy atom. The van der Waals surface area contributed by atoms with Crippen LogP contribution in [0.2, 0.25) is 0 Å². The number of halogens is 1. The van der Waals surface area contributed by atoms with Gasteiger partial charge in [0.25, 0.3) is 5.91 Å². The fourth-order valence-corrected chi connectivity index (χ4v) is 4.18. The SMILES string of the molecule is Cl.NC1(C(=O)N2CCN(C(=O)c3cc4ccccc4[nH]3)CC2)CCCCC1. The molecule has 2 heterocycles. The minimum Gasteiger partial charge on any atom is -0.351 e. The van der Waals surface area contributed by atoms with Gasteiger partial charge < -0.3 is 20.5 Å². The van der Waals surface area contributed by atoms with Gasteiger partial charge in [-0.3, -0.25) is 9.59 Å². The molecular weight excluding hydrogens is 364 g/mol. The summed E-state index contributed by atoms with van der Waals surface area (Å²) < 4.78 is 0. The Morgan fingerprint density at radius 3 is 2.26 bits per heavy atom. The van der Waals surface area contributed by atoms with Crippen LogP contribution >= 0.6 is 12.4 Å². The molecule has 2 aromatic rings. The van der Waals surface area contributed by atoms with Crippen LogP contribution in [0.5, 0.6) is 0 Å². The number of para-hydroxylation sites is 1. The number of nitrogens with zero attached hydrogens (tertiary/aromatic N) is 2. The van der Waals surface area contributed by atoms with Crippen LogP contribution in [0.15, 0.2) is 30.3 Å². The third-order valence-corrected chi connectivity index (χ3v) is 5.79. The van der Waals surface area contributed by atoms with E-state index in [0.29, 0.717) is 31.9 Å². The average Bonchev–Trinajstić information content (AvgIpc) is 3.12. The van der Waals surface area contributed by atoms with Gasteiger partial charge in [0, 0.05) is 37.1 Å². The second kappa shape index (κ2) is 7.90. The lowest BCUT2D eigenvalue weighted by molar-refractivity contribution is -0.139. The molecule has 1 aromatic carbocycles. The fourth-order valence-electron chi connectivity index (χ4n) is 4.18. The average molecular weight is 391 g/mol. The number of aromatic nitrogens is 1. The van der Waals surface area contributed by atoms with Crippen molar-refractivity contribution in [3.8, 4) is 0 Å². The van der Waals surface area contributed by atoms with Crippen LogP contribution in [-0.2, 0) is 4.79 Å². The Kier molecular flexibility index (Phi) is 5.77. The van der Waals surface area contributed by atoms with Gasteiger partial charge >= 0.3 is 0 Å². The molecular formula is C20H27ClN4O2. The molecule has 7 heteroatoms. The number of rotatable bonds is 2. The number of carbonyl (C=O) groups excluding carboxylic acids is 2. The molecule has 1 aromatic heterocycles. The molecule has 1 saturated carbocycles. The summed E-state index contributed by atoms with van der Waals surface area (Å²) in [6.45, 7) is 2.22. The van der Waals surface area contributed by atoms with E-state index in [1.165, 1.54) is 6.42 Å². The molecule has 6 nitrogen and oxygen atoms in total. The lowest BCUT2D eigenvalue weighted by atomic mass is 9.81. The predicted molar refractivity (Wildman–Crippen MR) is 108 cm³/mol. The van der Waals surface area contributed by atoms with Gasteiger partial charge in [0.05, 0.1) is 5.54 Å². The number of piperazine rings is 1. The third kappa shape index (κ3) is 3.82. The topological polar surface area (TPSA) is 82.4 Å². The smallest absolute Gasteiger partial charge is 0.270 e. The van der Waals surface area contributed by atoms with Crippen LogP contribution in [0.1, 0.15) is 42.6 Å². The Balaban J connectivity index is 0.00000210. The molecule has 0 radical (unpaired) electrons. The Morgan fingerprint density at radius 1 is 0.963 bits per heavy atom. The molecule has 2 aliphatic rings. The van der Waals surface area contributed by atoms with E-state index in [4.69, 9.17) is 5.73 Å². The van der Waals surface area contributed by atoms with Gasteiger partial charge in [-0.2, -0.15) is 0 Å². The normalized spacial score (nSPS) is 19.6. The van der Waals surface area contributed by atoms with Gasteiger partial charge in [-0.25, -0.2) is 0 Å². The number of nitrogens with one attached hydrogen (secondary N) is 1. The van der Waals surface area contributed by atoms with Crippen LogP contribution in [0.3, 0.4) is 0 Å². The van der Waals surface area contributed by atoms with Gasteiger partial charge in [0.15, 0.2) is 0 Å². The van der Waals surface area contributed by atoms with E-state index in [0.717, 1.165) is 36.6 Å². The zero-order valence-corrected chi connectivity index (χ0v) is 16.3. The molecule has 27 heavy (non-hydrogen) atoms. The fraction of sp³-hybridized carbons (Fsp3) is 0.500. The third-order valence-electron chi connectivity index (χ3n) is 5.79. The van der Waals surface area contributed by atoms with Crippen molar-refractivity contribution in [1.29, 1.82) is 0 Å². The minimum atomic E-state index is -0.693. The highest BCUT2D eigenvalue weighted by molar-refractivity contribution is 5.98. The number of aromatic amines is 1. The summed E-state index contributed by atoms with van der Waals surface area (Å²) in [6.07, 6.45) is 4.78. The molecule has 2 amide bonds. The summed E-state index contributed by atoms with van der Waals surface area (Å²) in [7, 11) is 0. The highest BCUT2D eigenvalue weighted by atomic mass is 35.5. The summed E-state index contributed by atoms with van der Waals surface area (Å²) in [5.74, 6) is 0.0586. The van der Waals surface area contributed by atoms with Gasteiger partial charge in [0.2, 0.25) is 5.91 Å². The number of H-pyrrole nitrogens is 1. The van der Waals surface area contributed by atoms with E-state index in [2.05, 4.69) is 4.98 Å². The molecule has 1 saturated heterocycles. The number of amides is 2.